The maximum absolute atomic E-state index is 12.1. The lowest BCUT2D eigenvalue weighted by Gasteiger charge is -2.21. The zero-order valence-corrected chi connectivity index (χ0v) is 12.2. The number of benzene rings is 1. The highest BCUT2D eigenvalue weighted by molar-refractivity contribution is 5.90. The van der Waals surface area contributed by atoms with Gasteiger partial charge < -0.3 is 20.1 Å². The SMILES string of the molecule is CC(C(=O)O)N1CC[C@@H](NC(=O)OCc2ccccc2)C1=O. The number of likely N-dealkylation sites (tertiary alicyclic amines) is 1. The van der Waals surface area contributed by atoms with Gasteiger partial charge in [-0.2, -0.15) is 0 Å². The first-order chi connectivity index (χ1) is 10.5. The van der Waals surface area contributed by atoms with Crippen molar-refractivity contribution in [1.29, 1.82) is 0 Å². The number of aliphatic carboxylic acids is 1. The fourth-order valence-electron chi connectivity index (χ4n) is 2.26. The Bertz CT molecular complexity index is 560. The van der Waals surface area contributed by atoms with E-state index in [2.05, 4.69) is 5.32 Å². The number of carbonyl (C=O) groups excluding carboxylic acids is 2. The molecular formula is C15H18N2O5. The van der Waals surface area contributed by atoms with Gasteiger partial charge >= 0.3 is 12.1 Å². The van der Waals surface area contributed by atoms with Gasteiger partial charge in [0.25, 0.3) is 0 Å². The van der Waals surface area contributed by atoms with Crippen LogP contribution in [0.5, 0.6) is 0 Å². The summed E-state index contributed by atoms with van der Waals surface area (Å²) in [7, 11) is 0. The van der Waals surface area contributed by atoms with E-state index in [-0.39, 0.29) is 6.61 Å². The minimum Gasteiger partial charge on any atom is -0.480 e. The molecule has 0 bridgehead atoms. The Kier molecular flexibility index (Phi) is 4.98. The first-order valence-electron chi connectivity index (χ1n) is 6.99. The lowest BCUT2D eigenvalue weighted by atomic mass is 10.2. The molecule has 1 heterocycles. The lowest BCUT2D eigenvalue weighted by Crippen LogP contribution is -2.46. The molecule has 7 nitrogen and oxygen atoms in total. The average Bonchev–Trinajstić information content (AvgIpc) is 2.86. The molecule has 0 spiro atoms. The van der Waals surface area contributed by atoms with Crippen LogP contribution in [0.15, 0.2) is 30.3 Å². The van der Waals surface area contributed by atoms with Crippen LogP contribution in [-0.2, 0) is 20.9 Å². The molecule has 118 valence electrons. The fraction of sp³-hybridized carbons (Fsp3) is 0.400. The molecule has 22 heavy (non-hydrogen) atoms. The van der Waals surface area contributed by atoms with Crippen LogP contribution in [0.25, 0.3) is 0 Å². The van der Waals surface area contributed by atoms with Crippen molar-refractivity contribution in [2.24, 2.45) is 0 Å². The second-order valence-corrected chi connectivity index (χ2v) is 5.09. The predicted octanol–water partition coefficient (Wildman–Crippen LogP) is 0.987. The van der Waals surface area contributed by atoms with E-state index in [4.69, 9.17) is 9.84 Å². The van der Waals surface area contributed by atoms with Crippen molar-refractivity contribution in [2.75, 3.05) is 6.54 Å². The number of hydrogen-bond acceptors (Lipinski definition) is 4. The van der Waals surface area contributed by atoms with Crippen LogP contribution >= 0.6 is 0 Å². The first-order valence-corrected chi connectivity index (χ1v) is 6.99. The van der Waals surface area contributed by atoms with Crippen molar-refractivity contribution in [2.45, 2.75) is 32.0 Å². The summed E-state index contributed by atoms with van der Waals surface area (Å²) in [4.78, 5) is 35.9. The van der Waals surface area contributed by atoms with Crippen LogP contribution in [-0.4, -0.2) is 46.6 Å². The van der Waals surface area contributed by atoms with Crippen LogP contribution in [0, 0.1) is 0 Å². The molecule has 2 amide bonds. The quantitative estimate of drug-likeness (QED) is 0.845. The van der Waals surface area contributed by atoms with Gasteiger partial charge in [0.1, 0.15) is 18.7 Å². The summed E-state index contributed by atoms with van der Waals surface area (Å²) in [5.74, 6) is -1.47. The summed E-state index contributed by atoms with van der Waals surface area (Å²) in [5, 5.41) is 11.4. The molecule has 7 heteroatoms. The molecule has 0 radical (unpaired) electrons. The van der Waals surface area contributed by atoms with Crippen molar-refractivity contribution in [3.8, 4) is 0 Å². The Morgan fingerprint density at radius 3 is 2.73 bits per heavy atom. The molecule has 1 unspecified atom stereocenters. The van der Waals surface area contributed by atoms with Crippen molar-refractivity contribution in [3.05, 3.63) is 35.9 Å². The highest BCUT2D eigenvalue weighted by atomic mass is 16.5. The van der Waals surface area contributed by atoms with Crippen LogP contribution < -0.4 is 5.32 Å². The molecule has 0 saturated carbocycles. The van der Waals surface area contributed by atoms with E-state index in [9.17, 15) is 14.4 Å². The Balaban J connectivity index is 1.82. The zero-order chi connectivity index (χ0) is 16.1. The van der Waals surface area contributed by atoms with E-state index in [1.54, 1.807) is 0 Å². The van der Waals surface area contributed by atoms with Crippen LogP contribution in [0.4, 0.5) is 4.79 Å². The van der Waals surface area contributed by atoms with E-state index in [0.29, 0.717) is 13.0 Å². The van der Waals surface area contributed by atoms with Gasteiger partial charge in [0.15, 0.2) is 0 Å². The summed E-state index contributed by atoms with van der Waals surface area (Å²) in [6.45, 7) is 1.86. The van der Waals surface area contributed by atoms with Crippen LogP contribution in [0.2, 0.25) is 0 Å². The van der Waals surface area contributed by atoms with Crippen molar-refractivity contribution < 1.29 is 24.2 Å². The summed E-state index contributed by atoms with van der Waals surface area (Å²) >= 11 is 0. The summed E-state index contributed by atoms with van der Waals surface area (Å²) in [5.41, 5.74) is 0.844. The van der Waals surface area contributed by atoms with Gasteiger partial charge in [-0.1, -0.05) is 30.3 Å². The normalized spacial score (nSPS) is 18.9. The number of hydrogen-bond donors (Lipinski definition) is 2. The highest BCUT2D eigenvalue weighted by Gasteiger charge is 2.37. The number of amides is 2. The topological polar surface area (TPSA) is 95.9 Å². The third-order valence-corrected chi connectivity index (χ3v) is 3.57. The third-order valence-electron chi connectivity index (χ3n) is 3.57. The lowest BCUT2D eigenvalue weighted by molar-refractivity contribution is -0.147. The number of alkyl carbamates (subject to hydrolysis) is 1. The number of ether oxygens (including phenoxy) is 1. The maximum atomic E-state index is 12.1. The van der Waals surface area contributed by atoms with Crippen molar-refractivity contribution in [1.82, 2.24) is 10.2 Å². The van der Waals surface area contributed by atoms with Crippen molar-refractivity contribution >= 4 is 18.0 Å². The molecule has 2 N–H and O–H groups in total. The van der Waals surface area contributed by atoms with Gasteiger partial charge in [-0.25, -0.2) is 9.59 Å². The Morgan fingerprint density at radius 1 is 1.41 bits per heavy atom. The van der Waals surface area contributed by atoms with E-state index < -0.39 is 30.1 Å². The molecule has 1 aromatic carbocycles. The number of rotatable bonds is 5. The monoisotopic (exact) mass is 306 g/mol. The molecule has 2 rings (SSSR count). The fourth-order valence-corrected chi connectivity index (χ4v) is 2.26. The van der Waals surface area contributed by atoms with Crippen LogP contribution in [0.3, 0.4) is 0 Å². The Hall–Kier alpha value is -2.57. The molecule has 1 saturated heterocycles. The number of nitrogens with zero attached hydrogens (tertiary/aromatic N) is 1. The molecule has 2 atom stereocenters. The minimum absolute atomic E-state index is 0.114. The number of carbonyl (C=O) groups is 3. The maximum Gasteiger partial charge on any atom is 0.408 e. The van der Waals surface area contributed by atoms with Gasteiger partial charge in [0, 0.05) is 6.54 Å². The molecule has 1 aromatic rings. The minimum atomic E-state index is -1.07. The largest absolute Gasteiger partial charge is 0.480 e. The number of carboxylic acids is 1. The molecule has 1 aliphatic heterocycles. The smallest absolute Gasteiger partial charge is 0.408 e. The van der Waals surface area contributed by atoms with Gasteiger partial charge in [-0.15, -0.1) is 0 Å². The average molecular weight is 306 g/mol. The molecular weight excluding hydrogens is 288 g/mol. The Morgan fingerprint density at radius 2 is 2.09 bits per heavy atom. The molecule has 0 aromatic heterocycles. The third kappa shape index (κ3) is 3.75. The van der Waals surface area contributed by atoms with Crippen LogP contribution in [0.1, 0.15) is 18.9 Å². The number of nitrogens with one attached hydrogen (secondary N) is 1. The molecule has 1 aliphatic rings. The summed E-state index contributed by atoms with van der Waals surface area (Å²) in [6, 6.07) is 7.54. The first kappa shape index (κ1) is 15.8. The highest BCUT2D eigenvalue weighted by Crippen LogP contribution is 2.15. The molecule has 1 fully saturated rings. The predicted molar refractivity (Wildman–Crippen MR) is 77.0 cm³/mol. The summed E-state index contributed by atoms with van der Waals surface area (Å²) < 4.78 is 5.04. The van der Waals surface area contributed by atoms with E-state index >= 15 is 0 Å². The standard InChI is InChI=1S/C15H18N2O5/c1-10(14(19)20)17-8-7-12(13(17)18)16-15(21)22-9-11-5-3-2-4-6-11/h2-6,10,12H,7-9H2,1H3,(H,16,21)(H,19,20)/t10?,12-/m1/s1. The van der Waals surface area contributed by atoms with Gasteiger partial charge in [0.05, 0.1) is 0 Å². The van der Waals surface area contributed by atoms with Gasteiger partial charge in [-0.05, 0) is 18.9 Å². The van der Waals surface area contributed by atoms with E-state index in [1.807, 2.05) is 30.3 Å². The second-order valence-electron chi connectivity index (χ2n) is 5.09. The van der Waals surface area contributed by atoms with E-state index in [1.165, 1.54) is 11.8 Å². The molecule has 0 aliphatic carbocycles. The van der Waals surface area contributed by atoms with Gasteiger partial charge in [0.2, 0.25) is 5.91 Å². The van der Waals surface area contributed by atoms with Crippen molar-refractivity contribution in [3.63, 3.8) is 0 Å². The number of carboxylic acid groups (broad SMARTS) is 1. The zero-order valence-electron chi connectivity index (χ0n) is 12.2. The Labute approximate surface area is 127 Å². The second kappa shape index (κ2) is 6.93. The van der Waals surface area contributed by atoms with E-state index in [0.717, 1.165) is 5.56 Å². The van der Waals surface area contributed by atoms with Gasteiger partial charge in [-0.3, -0.25) is 4.79 Å². The summed E-state index contributed by atoms with van der Waals surface area (Å²) in [6.07, 6.45) is -0.316.